The third-order valence-corrected chi connectivity index (χ3v) is 6.03. The summed E-state index contributed by atoms with van der Waals surface area (Å²) in [6, 6.07) is 26.4. The van der Waals surface area contributed by atoms with Gasteiger partial charge in [0.15, 0.2) is 0 Å². The first-order valence-electron chi connectivity index (χ1n) is 12.9. The third kappa shape index (κ3) is 9.20. The molecule has 0 atom stereocenters. The van der Waals surface area contributed by atoms with Gasteiger partial charge in [0.2, 0.25) is 5.91 Å². The number of nitriles is 2. The van der Waals surface area contributed by atoms with Gasteiger partial charge in [-0.2, -0.15) is 10.5 Å². The molecule has 0 radical (unpaired) electrons. The molecule has 0 aliphatic heterocycles. The maximum absolute atomic E-state index is 12.9. The topological polar surface area (TPSA) is 121 Å². The molecule has 0 bridgehead atoms. The van der Waals surface area contributed by atoms with Gasteiger partial charge in [-0.25, -0.2) is 4.79 Å². The van der Waals surface area contributed by atoms with Crippen molar-refractivity contribution in [3.05, 3.63) is 107 Å². The number of carbonyl (C=O) groups excluding carboxylic acids is 2. The Morgan fingerprint density at radius 3 is 2.17 bits per heavy atom. The Labute approximate surface area is 235 Å². The fraction of sp³-hybridized carbons (Fsp3) is 0.188. The van der Waals surface area contributed by atoms with Crippen LogP contribution in [0.2, 0.25) is 0 Å². The van der Waals surface area contributed by atoms with Crippen LogP contribution in [0.5, 0.6) is 0 Å². The second kappa shape index (κ2) is 15.2. The molecule has 8 heteroatoms. The Hall–Kier alpha value is -5.34. The van der Waals surface area contributed by atoms with Crippen molar-refractivity contribution in [1.29, 1.82) is 10.5 Å². The molecule has 8 nitrogen and oxygen atoms in total. The lowest BCUT2D eigenvalue weighted by molar-refractivity contribution is -0.115. The number of rotatable bonds is 11. The number of benzene rings is 3. The Kier molecular flexibility index (Phi) is 11.1. The van der Waals surface area contributed by atoms with Crippen LogP contribution in [0.15, 0.2) is 84.7 Å². The molecular formula is C32H32N6O2. The van der Waals surface area contributed by atoms with Gasteiger partial charge in [0, 0.05) is 30.5 Å². The van der Waals surface area contributed by atoms with Crippen molar-refractivity contribution < 1.29 is 9.59 Å². The highest BCUT2D eigenvalue weighted by Gasteiger charge is 2.12. The van der Waals surface area contributed by atoms with E-state index in [-0.39, 0.29) is 5.82 Å². The number of hydrogen-bond donors (Lipinski definition) is 3. The maximum Gasteiger partial charge on any atom is 0.324 e. The molecule has 3 aromatic rings. The van der Waals surface area contributed by atoms with Gasteiger partial charge in [0.25, 0.3) is 0 Å². The maximum atomic E-state index is 12.9. The first kappa shape index (κ1) is 29.2. The van der Waals surface area contributed by atoms with Crippen LogP contribution in [0.1, 0.15) is 35.1 Å². The zero-order chi connectivity index (χ0) is 28.7. The molecule has 202 valence electrons. The van der Waals surface area contributed by atoms with Gasteiger partial charge in [-0.3, -0.25) is 10.1 Å². The van der Waals surface area contributed by atoms with E-state index in [1.807, 2.05) is 85.5 Å². The van der Waals surface area contributed by atoms with E-state index in [0.717, 1.165) is 27.9 Å². The first-order chi connectivity index (χ1) is 19.4. The molecule has 0 saturated heterocycles. The molecule has 0 aromatic heterocycles. The van der Waals surface area contributed by atoms with Crippen molar-refractivity contribution >= 4 is 35.5 Å². The van der Waals surface area contributed by atoms with E-state index in [9.17, 15) is 9.59 Å². The standard InChI is InChI=1S/C32H32N6O2/c1-24-10-6-7-13-29(24)35-32(40)37-30(36-31(39)17-14-26-11-4-3-5-12-26)23-27-15-16-28(22-25(27)2)38(20-8-18-33)21-9-19-34/h3-7,10-17,22-23H,8-9,20-21H2,1-2H3,(H,36,39)(H2,35,37,40)/b17-14+,30-23-. The summed E-state index contributed by atoms with van der Waals surface area (Å²) >= 11 is 0. The van der Waals surface area contributed by atoms with Crippen LogP contribution in [0.4, 0.5) is 16.2 Å². The highest BCUT2D eigenvalue weighted by atomic mass is 16.2. The highest BCUT2D eigenvalue weighted by Crippen LogP contribution is 2.22. The predicted octanol–water partition coefficient (Wildman–Crippen LogP) is 5.89. The van der Waals surface area contributed by atoms with E-state index in [2.05, 4.69) is 28.1 Å². The number of anilines is 2. The van der Waals surface area contributed by atoms with Gasteiger partial charge >= 0.3 is 6.03 Å². The molecule has 0 saturated carbocycles. The van der Waals surface area contributed by atoms with Gasteiger partial charge < -0.3 is 15.5 Å². The number of aryl methyl sites for hydroxylation is 2. The van der Waals surface area contributed by atoms with Crippen molar-refractivity contribution in [2.24, 2.45) is 0 Å². The van der Waals surface area contributed by atoms with Gasteiger partial charge in [0.05, 0.1) is 25.0 Å². The second-order valence-corrected chi connectivity index (χ2v) is 9.03. The van der Waals surface area contributed by atoms with Gasteiger partial charge in [-0.05, 0) is 66.5 Å². The monoisotopic (exact) mass is 532 g/mol. The number of nitrogens with zero attached hydrogens (tertiary/aromatic N) is 3. The van der Waals surface area contributed by atoms with Crippen LogP contribution in [-0.4, -0.2) is 25.0 Å². The number of nitrogens with one attached hydrogen (secondary N) is 3. The number of amides is 3. The molecule has 3 amide bonds. The summed E-state index contributed by atoms with van der Waals surface area (Å²) in [6.45, 7) is 4.85. The molecule has 3 rings (SSSR count). The first-order valence-corrected chi connectivity index (χ1v) is 12.9. The lowest BCUT2D eigenvalue weighted by atomic mass is 10.1. The summed E-state index contributed by atoms with van der Waals surface area (Å²) in [7, 11) is 0. The lowest BCUT2D eigenvalue weighted by Crippen LogP contribution is -2.36. The molecule has 3 N–H and O–H groups in total. The Balaban J connectivity index is 1.85. The van der Waals surface area contributed by atoms with Crippen LogP contribution in [0.3, 0.4) is 0 Å². The Morgan fingerprint density at radius 1 is 0.850 bits per heavy atom. The quantitative estimate of drug-likeness (QED) is 0.266. The van der Waals surface area contributed by atoms with Crippen molar-refractivity contribution in [1.82, 2.24) is 10.6 Å². The minimum Gasteiger partial charge on any atom is -0.369 e. The molecule has 0 unspecified atom stereocenters. The van der Waals surface area contributed by atoms with E-state index in [4.69, 9.17) is 10.5 Å². The van der Waals surface area contributed by atoms with Crippen molar-refractivity contribution in [3.63, 3.8) is 0 Å². The van der Waals surface area contributed by atoms with Gasteiger partial charge in [-0.15, -0.1) is 0 Å². The predicted molar refractivity (Wildman–Crippen MR) is 159 cm³/mol. The summed E-state index contributed by atoms with van der Waals surface area (Å²) < 4.78 is 0. The Bertz CT molecular complexity index is 1450. The molecule has 0 fully saturated rings. The van der Waals surface area contributed by atoms with E-state index < -0.39 is 11.9 Å². The third-order valence-electron chi connectivity index (χ3n) is 6.03. The smallest absolute Gasteiger partial charge is 0.324 e. The zero-order valence-electron chi connectivity index (χ0n) is 22.6. The molecule has 0 heterocycles. The highest BCUT2D eigenvalue weighted by molar-refractivity contribution is 5.96. The average molecular weight is 533 g/mol. The van der Waals surface area contributed by atoms with Crippen LogP contribution in [0.25, 0.3) is 12.2 Å². The molecule has 3 aromatic carbocycles. The zero-order valence-corrected chi connectivity index (χ0v) is 22.6. The van der Waals surface area contributed by atoms with Crippen LogP contribution in [-0.2, 0) is 4.79 Å². The number of urea groups is 1. The fourth-order valence-corrected chi connectivity index (χ4v) is 3.92. The summed E-state index contributed by atoms with van der Waals surface area (Å²) in [5.74, 6) is -0.199. The minimum absolute atomic E-state index is 0.204. The van der Waals surface area contributed by atoms with Crippen LogP contribution >= 0.6 is 0 Å². The summed E-state index contributed by atoms with van der Waals surface area (Å²) in [5, 5.41) is 26.4. The van der Waals surface area contributed by atoms with Crippen molar-refractivity contribution in [2.45, 2.75) is 26.7 Å². The van der Waals surface area contributed by atoms with Crippen molar-refractivity contribution in [2.75, 3.05) is 23.3 Å². The van der Waals surface area contributed by atoms with E-state index in [1.54, 1.807) is 18.2 Å². The fourth-order valence-electron chi connectivity index (χ4n) is 3.92. The van der Waals surface area contributed by atoms with Gasteiger partial charge in [0.1, 0.15) is 5.82 Å². The molecule has 0 aliphatic rings. The normalized spacial score (nSPS) is 10.8. The number of para-hydroxylation sites is 1. The van der Waals surface area contributed by atoms with Crippen LogP contribution in [0, 0.1) is 36.5 Å². The second-order valence-electron chi connectivity index (χ2n) is 9.03. The minimum atomic E-state index is -0.499. The molecule has 0 aliphatic carbocycles. The van der Waals surface area contributed by atoms with Crippen LogP contribution < -0.4 is 20.9 Å². The largest absolute Gasteiger partial charge is 0.369 e. The van der Waals surface area contributed by atoms with Crippen molar-refractivity contribution in [3.8, 4) is 12.1 Å². The Morgan fingerprint density at radius 2 is 1.52 bits per heavy atom. The van der Waals surface area contributed by atoms with E-state index in [1.165, 1.54) is 6.08 Å². The molecule has 0 spiro atoms. The number of hydrogen-bond acceptors (Lipinski definition) is 5. The number of carbonyl (C=O) groups is 2. The van der Waals surface area contributed by atoms with E-state index in [0.29, 0.717) is 31.6 Å². The molecule has 40 heavy (non-hydrogen) atoms. The average Bonchev–Trinajstić information content (AvgIpc) is 2.95. The summed E-state index contributed by atoms with van der Waals surface area (Å²) in [6.07, 6.45) is 5.48. The SMILES string of the molecule is Cc1cc(N(CCC#N)CCC#N)ccc1/C=C(/NC(=O)/C=C/c1ccccc1)NC(=O)Nc1ccccc1C. The summed E-state index contributed by atoms with van der Waals surface area (Å²) in [4.78, 5) is 27.6. The lowest BCUT2D eigenvalue weighted by Gasteiger charge is -2.23. The van der Waals surface area contributed by atoms with E-state index >= 15 is 0 Å². The summed E-state index contributed by atoms with van der Waals surface area (Å²) in [5.41, 5.74) is 5.00. The molecular weight excluding hydrogens is 500 g/mol. The van der Waals surface area contributed by atoms with Gasteiger partial charge in [-0.1, -0.05) is 54.6 Å².